The molecule has 0 saturated heterocycles. The normalized spacial score (nSPS) is 10.8. The van der Waals surface area contributed by atoms with Crippen LogP contribution in [-0.2, 0) is 5.75 Å². The number of nitrogen functional groups attached to an aromatic ring is 1. The Labute approximate surface area is 75.8 Å². The number of hydrogen-bond donors (Lipinski definition) is 2. The van der Waals surface area contributed by atoms with Crippen molar-refractivity contribution in [2.24, 2.45) is 0 Å². The summed E-state index contributed by atoms with van der Waals surface area (Å²) in [5.41, 5.74) is 8.24. The largest absolute Gasteiger partial charge is 0.462 e. The quantitative estimate of drug-likeness (QED) is 0.521. The molecule has 0 spiro atoms. The standard InChI is InChI=1S/C9H9NOS/c10-8-3-1-2-7-6(5-12)4-11-9(7)8/h1-4,12H,5,10H2. The van der Waals surface area contributed by atoms with E-state index in [1.54, 1.807) is 6.26 Å². The van der Waals surface area contributed by atoms with Crippen LogP contribution in [0.2, 0.25) is 0 Å². The van der Waals surface area contributed by atoms with Gasteiger partial charge >= 0.3 is 0 Å². The van der Waals surface area contributed by atoms with Crippen molar-refractivity contribution in [2.45, 2.75) is 5.75 Å². The zero-order valence-corrected chi connectivity index (χ0v) is 7.34. The van der Waals surface area contributed by atoms with E-state index < -0.39 is 0 Å². The van der Waals surface area contributed by atoms with Crippen molar-refractivity contribution in [3.05, 3.63) is 30.0 Å². The Morgan fingerprint density at radius 1 is 1.42 bits per heavy atom. The Hall–Kier alpha value is -1.09. The molecule has 3 heteroatoms. The van der Waals surface area contributed by atoms with Gasteiger partial charge in [-0.1, -0.05) is 12.1 Å². The number of anilines is 1. The molecule has 1 heterocycles. The second-order valence-electron chi connectivity index (χ2n) is 2.64. The summed E-state index contributed by atoms with van der Waals surface area (Å²) in [4.78, 5) is 0. The van der Waals surface area contributed by atoms with Crippen molar-refractivity contribution in [3.63, 3.8) is 0 Å². The van der Waals surface area contributed by atoms with E-state index in [0.717, 1.165) is 16.5 Å². The average Bonchev–Trinajstić information content (AvgIpc) is 2.49. The minimum atomic E-state index is 0.677. The first-order valence-electron chi connectivity index (χ1n) is 3.68. The molecule has 0 unspecified atom stereocenters. The maximum atomic E-state index is 5.71. The Balaban J connectivity index is 2.80. The summed E-state index contributed by atoms with van der Waals surface area (Å²) in [6, 6.07) is 5.73. The third-order valence-corrected chi connectivity index (χ3v) is 2.22. The maximum Gasteiger partial charge on any atom is 0.157 e. The number of fused-ring (bicyclic) bond motifs is 1. The second kappa shape index (κ2) is 2.75. The third kappa shape index (κ3) is 0.975. The topological polar surface area (TPSA) is 39.2 Å². The van der Waals surface area contributed by atoms with Gasteiger partial charge in [0.25, 0.3) is 0 Å². The highest BCUT2D eigenvalue weighted by atomic mass is 32.1. The molecule has 2 nitrogen and oxygen atoms in total. The number of rotatable bonds is 1. The molecule has 0 saturated carbocycles. The molecule has 0 aliphatic heterocycles. The molecule has 0 radical (unpaired) electrons. The van der Waals surface area contributed by atoms with Crippen LogP contribution < -0.4 is 5.73 Å². The maximum absolute atomic E-state index is 5.71. The van der Waals surface area contributed by atoms with Gasteiger partial charge in [-0.2, -0.15) is 12.6 Å². The van der Waals surface area contributed by atoms with Crippen LogP contribution >= 0.6 is 12.6 Å². The van der Waals surface area contributed by atoms with Gasteiger partial charge in [0.1, 0.15) is 0 Å². The van der Waals surface area contributed by atoms with Crippen LogP contribution in [0.15, 0.2) is 28.9 Å². The first-order valence-corrected chi connectivity index (χ1v) is 4.31. The lowest BCUT2D eigenvalue weighted by Crippen LogP contribution is -1.83. The van der Waals surface area contributed by atoms with Crippen LogP contribution in [0.1, 0.15) is 5.56 Å². The van der Waals surface area contributed by atoms with Crippen molar-refractivity contribution in [2.75, 3.05) is 5.73 Å². The highest BCUT2D eigenvalue weighted by Crippen LogP contribution is 2.26. The summed E-state index contributed by atoms with van der Waals surface area (Å²) >= 11 is 4.19. The molecule has 2 rings (SSSR count). The highest BCUT2D eigenvalue weighted by Gasteiger charge is 2.05. The number of thiol groups is 1. The first kappa shape index (κ1) is 7.55. The molecule has 1 aromatic heterocycles. The summed E-state index contributed by atoms with van der Waals surface area (Å²) in [6.45, 7) is 0. The van der Waals surface area contributed by atoms with Crippen LogP contribution in [0, 0.1) is 0 Å². The van der Waals surface area contributed by atoms with Gasteiger partial charge in [-0.15, -0.1) is 0 Å². The monoisotopic (exact) mass is 179 g/mol. The lowest BCUT2D eigenvalue weighted by Gasteiger charge is -1.93. The van der Waals surface area contributed by atoms with E-state index in [9.17, 15) is 0 Å². The smallest absolute Gasteiger partial charge is 0.157 e. The SMILES string of the molecule is Nc1cccc2c(CS)coc12. The average molecular weight is 179 g/mol. The summed E-state index contributed by atoms with van der Waals surface area (Å²) in [5.74, 6) is 0.677. The Morgan fingerprint density at radius 3 is 3.00 bits per heavy atom. The van der Waals surface area contributed by atoms with Gasteiger partial charge in [-0.3, -0.25) is 0 Å². The van der Waals surface area contributed by atoms with E-state index in [1.165, 1.54) is 0 Å². The molecule has 62 valence electrons. The van der Waals surface area contributed by atoms with Crippen molar-refractivity contribution in [1.29, 1.82) is 0 Å². The summed E-state index contributed by atoms with van der Waals surface area (Å²) in [6.07, 6.45) is 1.70. The molecule has 12 heavy (non-hydrogen) atoms. The predicted octanol–water partition coefficient (Wildman–Crippen LogP) is 2.44. The minimum absolute atomic E-state index is 0.677. The van der Waals surface area contributed by atoms with Gasteiger partial charge in [0.05, 0.1) is 12.0 Å². The minimum Gasteiger partial charge on any atom is -0.462 e. The Bertz CT molecular complexity index is 408. The van der Waals surface area contributed by atoms with E-state index in [0.29, 0.717) is 11.4 Å². The first-order chi connectivity index (χ1) is 5.83. The van der Waals surface area contributed by atoms with E-state index in [1.807, 2.05) is 18.2 Å². The molecule has 1 aromatic carbocycles. The fraction of sp³-hybridized carbons (Fsp3) is 0.111. The summed E-state index contributed by atoms with van der Waals surface area (Å²) in [7, 11) is 0. The molecule has 2 aromatic rings. The van der Waals surface area contributed by atoms with Gasteiger partial charge < -0.3 is 10.2 Å². The van der Waals surface area contributed by atoms with Crippen molar-refractivity contribution >= 4 is 29.3 Å². The van der Waals surface area contributed by atoms with Gasteiger partial charge in [0, 0.05) is 16.7 Å². The lowest BCUT2D eigenvalue weighted by atomic mass is 10.2. The van der Waals surface area contributed by atoms with Crippen LogP contribution in [-0.4, -0.2) is 0 Å². The van der Waals surface area contributed by atoms with Gasteiger partial charge in [-0.25, -0.2) is 0 Å². The molecule has 0 aliphatic carbocycles. The molecular weight excluding hydrogens is 170 g/mol. The molecular formula is C9H9NOS. The molecule has 0 amide bonds. The van der Waals surface area contributed by atoms with Crippen molar-refractivity contribution in [1.82, 2.24) is 0 Å². The van der Waals surface area contributed by atoms with Crippen LogP contribution in [0.5, 0.6) is 0 Å². The number of benzene rings is 1. The zero-order valence-electron chi connectivity index (χ0n) is 6.45. The van der Waals surface area contributed by atoms with E-state index in [4.69, 9.17) is 10.2 Å². The second-order valence-corrected chi connectivity index (χ2v) is 2.96. The number of para-hydroxylation sites is 1. The van der Waals surface area contributed by atoms with E-state index >= 15 is 0 Å². The third-order valence-electron chi connectivity index (χ3n) is 1.88. The number of hydrogen-bond acceptors (Lipinski definition) is 3. The van der Waals surface area contributed by atoms with Crippen LogP contribution in [0.4, 0.5) is 5.69 Å². The molecule has 0 fully saturated rings. The van der Waals surface area contributed by atoms with Crippen LogP contribution in [0.3, 0.4) is 0 Å². The Kier molecular flexibility index (Phi) is 1.73. The van der Waals surface area contributed by atoms with Crippen molar-refractivity contribution in [3.8, 4) is 0 Å². The number of nitrogens with two attached hydrogens (primary N) is 1. The summed E-state index contributed by atoms with van der Waals surface area (Å²) in [5, 5.41) is 1.06. The fourth-order valence-corrected chi connectivity index (χ4v) is 1.50. The van der Waals surface area contributed by atoms with Crippen molar-refractivity contribution < 1.29 is 4.42 Å². The van der Waals surface area contributed by atoms with Gasteiger partial charge in [0.2, 0.25) is 0 Å². The Morgan fingerprint density at radius 2 is 2.25 bits per heavy atom. The van der Waals surface area contributed by atoms with E-state index in [-0.39, 0.29) is 0 Å². The molecule has 2 N–H and O–H groups in total. The lowest BCUT2D eigenvalue weighted by molar-refractivity contribution is 0.614. The summed E-state index contributed by atoms with van der Waals surface area (Å²) < 4.78 is 5.30. The van der Waals surface area contributed by atoms with Crippen LogP contribution in [0.25, 0.3) is 11.0 Å². The van der Waals surface area contributed by atoms with Gasteiger partial charge in [0.15, 0.2) is 5.58 Å². The highest BCUT2D eigenvalue weighted by molar-refractivity contribution is 7.79. The fourth-order valence-electron chi connectivity index (χ4n) is 1.26. The van der Waals surface area contributed by atoms with Gasteiger partial charge in [-0.05, 0) is 6.07 Å². The zero-order chi connectivity index (χ0) is 8.55. The predicted molar refractivity (Wildman–Crippen MR) is 53.3 cm³/mol. The van der Waals surface area contributed by atoms with E-state index in [2.05, 4.69) is 12.6 Å². The molecule has 0 atom stereocenters. The molecule has 0 aliphatic rings. The molecule has 0 bridgehead atoms. The number of furan rings is 1.